The van der Waals surface area contributed by atoms with Gasteiger partial charge in [-0.25, -0.2) is 0 Å². The highest BCUT2D eigenvalue weighted by Crippen LogP contribution is 2.19. The van der Waals surface area contributed by atoms with Gasteiger partial charge in [0.2, 0.25) is 0 Å². The van der Waals surface area contributed by atoms with Crippen LogP contribution in [-0.2, 0) is 4.79 Å². The van der Waals surface area contributed by atoms with Gasteiger partial charge in [0, 0.05) is 12.2 Å². The average molecular weight is 264 g/mol. The van der Waals surface area contributed by atoms with Gasteiger partial charge in [0.15, 0.2) is 6.10 Å². The van der Waals surface area contributed by atoms with Crippen LogP contribution in [0.1, 0.15) is 32.8 Å². The average Bonchev–Trinajstić information content (AvgIpc) is 2.33. The lowest BCUT2D eigenvalue weighted by atomic mass is 10.1. The first-order valence-electron chi connectivity index (χ1n) is 6.70. The topological polar surface area (TPSA) is 64.3 Å². The SMILES string of the molecule is Cc1cc(OC(C)C(=O)NCCC(C)C)ccc1N. The molecule has 0 saturated carbocycles. The molecule has 0 aliphatic heterocycles. The zero-order chi connectivity index (χ0) is 14.4. The van der Waals surface area contributed by atoms with E-state index in [0.717, 1.165) is 17.7 Å². The summed E-state index contributed by atoms with van der Waals surface area (Å²) < 4.78 is 5.60. The standard InChI is InChI=1S/C15H24N2O2/c1-10(2)7-8-17-15(18)12(4)19-13-5-6-14(16)11(3)9-13/h5-6,9-10,12H,7-8,16H2,1-4H3,(H,17,18). The number of ether oxygens (including phenoxy) is 1. The van der Waals surface area contributed by atoms with Crippen LogP contribution < -0.4 is 15.8 Å². The fourth-order valence-corrected chi connectivity index (χ4v) is 1.61. The molecule has 1 atom stereocenters. The molecule has 0 aromatic heterocycles. The number of aryl methyl sites for hydroxylation is 1. The van der Waals surface area contributed by atoms with Gasteiger partial charge in [0.25, 0.3) is 5.91 Å². The fraction of sp³-hybridized carbons (Fsp3) is 0.533. The Bertz CT molecular complexity index is 430. The summed E-state index contributed by atoms with van der Waals surface area (Å²) in [7, 11) is 0. The van der Waals surface area contributed by atoms with E-state index in [0.29, 0.717) is 18.2 Å². The Morgan fingerprint density at radius 3 is 2.63 bits per heavy atom. The molecule has 0 radical (unpaired) electrons. The second-order valence-corrected chi connectivity index (χ2v) is 5.25. The predicted octanol–water partition coefficient (Wildman–Crippen LogP) is 2.51. The lowest BCUT2D eigenvalue weighted by Crippen LogP contribution is -2.37. The van der Waals surface area contributed by atoms with Crippen LogP contribution in [0, 0.1) is 12.8 Å². The van der Waals surface area contributed by atoms with Crippen molar-refractivity contribution in [1.82, 2.24) is 5.32 Å². The Labute approximate surface area is 115 Å². The molecule has 19 heavy (non-hydrogen) atoms. The lowest BCUT2D eigenvalue weighted by Gasteiger charge is -2.16. The predicted molar refractivity (Wildman–Crippen MR) is 78.1 cm³/mol. The van der Waals surface area contributed by atoms with Gasteiger partial charge in [-0.2, -0.15) is 0 Å². The first-order valence-corrected chi connectivity index (χ1v) is 6.70. The van der Waals surface area contributed by atoms with Crippen LogP contribution in [0.4, 0.5) is 5.69 Å². The number of nitrogens with one attached hydrogen (secondary N) is 1. The number of hydrogen-bond acceptors (Lipinski definition) is 3. The number of benzene rings is 1. The number of amides is 1. The molecule has 1 amide bonds. The number of nitrogens with two attached hydrogens (primary N) is 1. The second kappa shape index (κ2) is 7.02. The van der Waals surface area contributed by atoms with Crippen LogP contribution in [0.25, 0.3) is 0 Å². The summed E-state index contributed by atoms with van der Waals surface area (Å²) in [6.07, 6.45) is 0.467. The first kappa shape index (κ1) is 15.3. The molecule has 0 spiro atoms. The first-order chi connectivity index (χ1) is 8.90. The van der Waals surface area contributed by atoms with Gasteiger partial charge in [-0.05, 0) is 49.9 Å². The minimum atomic E-state index is -0.504. The number of rotatable bonds is 6. The highest BCUT2D eigenvalue weighted by molar-refractivity contribution is 5.80. The molecule has 0 saturated heterocycles. The Morgan fingerprint density at radius 1 is 1.37 bits per heavy atom. The van der Waals surface area contributed by atoms with E-state index >= 15 is 0 Å². The van der Waals surface area contributed by atoms with Gasteiger partial charge in [0.05, 0.1) is 0 Å². The summed E-state index contributed by atoms with van der Waals surface area (Å²) in [5.74, 6) is 1.16. The van der Waals surface area contributed by atoms with Crippen molar-refractivity contribution in [1.29, 1.82) is 0 Å². The van der Waals surface area contributed by atoms with Crippen molar-refractivity contribution in [3.05, 3.63) is 23.8 Å². The van der Waals surface area contributed by atoms with Crippen molar-refractivity contribution < 1.29 is 9.53 Å². The lowest BCUT2D eigenvalue weighted by molar-refractivity contribution is -0.127. The van der Waals surface area contributed by atoms with Gasteiger partial charge in [-0.15, -0.1) is 0 Å². The molecular formula is C15H24N2O2. The third-order valence-corrected chi connectivity index (χ3v) is 2.94. The minimum Gasteiger partial charge on any atom is -0.481 e. The normalized spacial score (nSPS) is 12.3. The number of carbonyl (C=O) groups is 1. The molecule has 1 rings (SSSR count). The van der Waals surface area contributed by atoms with Gasteiger partial charge in [0.1, 0.15) is 5.75 Å². The molecule has 3 N–H and O–H groups in total. The molecule has 0 heterocycles. The molecule has 1 aromatic rings. The third kappa shape index (κ3) is 5.20. The maximum absolute atomic E-state index is 11.8. The Kier molecular flexibility index (Phi) is 5.67. The second-order valence-electron chi connectivity index (χ2n) is 5.25. The zero-order valence-corrected chi connectivity index (χ0v) is 12.2. The smallest absolute Gasteiger partial charge is 0.260 e. The van der Waals surface area contributed by atoms with Crippen LogP contribution in [0.15, 0.2) is 18.2 Å². The molecule has 4 nitrogen and oxygen atoms in total. The van der Waals surface area contributed by atoms with E-state index in [9.17, 15) is 4.79 Å². The van der Waals surface area contributed by atoms with Crippen LogP contribution in [0.5, 0.6) is 5.75 Å². The van der Waals surface area contributed by atoms with Crippen molar-refractivity contribution in [2.75, 3.05) is 12.3 Å². The van der Waals surface area contributed by atoms with Crippen LogP contribution in [-0.4, -0.2) is 18.6 Å². The summed E-state index contributed by atoms with van der Waals surface area (Å²) in [4.78, 5) is 11.8. The molecule has 106 valence electrons. The summed E-state index contributed by atoms with van der Waals surface area (Å²) in [5, 5.41) is 2.87. The van der Waals surface area contributed by atoms with E-state index in [4.69, 9.17) is 10.5 Å². The molecule has 4 heteroatoms. The van der Waals surface area contributed by atoms with E-state index in [2.05, 4.69) is 19.2 Å². The van der Waals surface area contributed by atoms with Crippen molar-refractivity contribution in [2.24, 2.45) is 5.92 Å². The molecule has 1 unspecified atom stereocenters. The Hall–Kier alpha value is -1.71. The van der Waals surface area contributed by atoms with Gasteiger partial charge in [-0.1, -0.05) is 13.8 Å². The fourth-order valence-electron chi connectivity index (χ4n) is 1.61. The minimum absolute atomic E-state index is 0.0878. The summed E-state index contributed by atoms with van der Waals surface area (Å²) in [6, 6.07) is 5.40. The summed E-state index contributed by atoms with van der Waals surface area (Å²) >= 11 is 0. The maximum atomic E-state index is 11.8. The molecule has 1 aromatic carbocycles. The van der Waals surface area contributed by atoms with Crippen molar-refractivity contribution in [3.63, 3.8) is 0 Å². The zero-order valence-electron chi connectivity index (χ0n) is 12.2. The molecule has 0 bridgehead atoms. The number of carbonyl (C=O) groups excluding carboxylic acids is 1. The van der Waals surface area contributed by atoms with E-state index in [-0.39, 0.29) is 5.91 Å². The molecule has 0 aliphatic rings. The van der Waals surface area contributed by atoms with E-state index < -0.39 is 6.10 Å². The number of hydrogen-bond donors (Lipinski definition) is 2. The van der Waals surface area contributed by atoms with Crippen molar-refractivity contribution in [2.45, 2.75) is 40.2 Å². The van der Waals surface area contributed by atoms with E-state index in [1.807, 2.05) is 13.0 Å². The number of nitrogen functional groups attached to an aromatic ring is 1. The largest absolute Gasteiger partial charge is 0.481 e. The van der Waals surface area contributed by atoms with Crippen LogP contribution >= 0.6 is 0 Å². The molecule has 0 aliphatic carbocycles. The van der Waals surface area contributed by atoms with Gasteiger partial charge >= 0.3 is 0 Å². The van der Waals surface area contributed by atoms with E-state index in [1.54, 1.807) is 19.1 Å². The van der Waals surface area contributed by atoms with E-state index in [1.165, 1.54) is 0 Å². The quantitative estimate of drug-likeness (QED) is 0.776. The van der Waals surface area contributed by atoms with Crippen molar-refractivity contribution in [3.8, 4) is 5.75 Å². The Balaban J connectivity index is 2.47. The molecule has 0 fully saturated rings. The van der Waals surface area contributed by atoms with Crippen molar-refractivity contribution >= 4 is 11.6 Å². The Morgan fingerprint density at radius 2 is 2.05 bits per heavy atom. The third-order valence-electron chi connectivity index (χ3n) is 2.94. The van der Waals surface area contributed by atoms with Crippen LogP contribution in [0.3, 0.4) is 0 Å². The monoisotopic (exact) mass is 264 g/mol. The van der Waals surface area contributed by atoms with Gasteiger partial charge < -0.3 is 15.8 Å². The highest BCUT2D eigenvalue weighted by atomic mass is 16.5. The molecular weight excluding hydrogens is 240 g/mol. The van der Waals surface area contributed by atoms with Gasteiger partial charge in [-0.3, -0.25) is 4.79 Å². The van der Waals surface area contributed by atoms with Crippen LogP contribution in [0.2, 0.25) is 0 Å². The number of anilines is 1. The summed E-state index contributed by atoms with van der Waals surface area (Å²) in [5.41, 5.74) is 7.41. The summed E-state index contributed by atoms with van der Waals surface area (Å²) in [6.45, 7) is 8.60. The highest BCUT2D eigenvalue weighted by Gasteiger charge is 2.14. The maximum Gasteiger partial charge on any atom is 0.260 e.